The van der Waals surface area contributed by atoms with Gasteiger partial charge in [0.2, 0.25) is 5.13 Å². The van der Waals surface area contributed by atoms with Crippen molar-refractivity contribution in [1.29, 1.82) is 5.26 Å². The Morgan fingerprint density at radius 1 is 1.28 bits per heavy atom. The highest BCUT2D eigenvalue weighted by Crippen LogP contribution is 2.30. The molecule has 144 valence electrons. The number of nitriles is 1. The number of amides is 1. The van der Waals surface area contributed by atoms with Crippen LogP contribution in [-0.2, 0) is 5.75 Å². The van der Waals surface area contributed by atoms with Crippen molar-refractivity contribution >= 4 is 45.1 Å². The van der Waals surface area contributed by atoms with Gasteiger partial charge in [0.25, 0.3) is 5.91 Å². The Morgan fingerprint density at radius 2 is 2.07 bits per heavy atom. The summed E-state index contributed by atoms with van der Waals surface area (Å²) in [5.74, 6) is -0.303. The third-order valence-corrected chi connectivity index (χ3v) is 6.24. The number of furan rings is 1. The van der Waals surface area contributed by atoms with Gasteiger partial charge in [-0.25, -0.2) is 4.39 Å². The minimum Gasteiger partial charge on any atom is -0.448 e. The quantitative estimate of drug-likeness (QED) is 0.352. The minimum atomic E-state index is -0.512. The van der Waals surface area contributed by atoms with Crippen molar-refractivity contribution in [3.8, 4) is 6.07 Å². The molecule has 0 saturated heterocycles. The molecule has 29 heavy (non-hydrogen) atoms. The number of hydrogen-bond donors (Lipinski definition) is 1. The highest BCUT2D eigenvalue weighted by Gasteiger charge is 2.20. The first-order chi connectivity index (χ1) is 14.0. The van der Waals surface area contributed by atoms with Crippen molar-refractivity contribution < 1.29 is 13.6 Å². The minimum absolute atomic E-state index is 0.0482. The molecule has 0 saturated carbocycles. The van der Waals surface area contributed by atoms with E-state index in [0.29, 0.717) is 31.7 Å². The summed E-state index contributed by atoms with van der Waals surface area (Å²) in [6.07, 6.45) is 0. The summed E-state index contributed by atoms with van der Waals surface area (Å²) >= 11 is 2.72. The molecule has 0 radical (unpaired) electrons. The van der Waals surface area contributed by atoms with Crippen molar-refractivity contribution in [2.24, 2.45) is 0 Å². The van der Waals surface area contributed by atoms with Gasteiger partial charge in [0.15, 0.2) is 21.5 Å². The van der Waals surface area contributed by atoms with E-state index < -0.39 is 11.7 Å². The van der Waals surface area contributed by atoms with Crippen molar-refractivity contribution in [2.75, 3.05) is 5.32 Å². The lowest BCUT2D eigenvalue weighted by Crippen LogP contribution is -2.11. The van der Waals surface area contributed by atoms with E-state index >= 15 is 0 Å². The molecule has 0 unspecified atom stereocenters. The fraction of sp³-hybridized carbons (Fsp3) is 0.100. The summed E-state index contributed by atoms with van der Waals surface area (Å²) in [7, 11) is 0. The lowest BCUT2D eigenvalue weighted by molar-refractivity contribution is 0.0997. The molecule has 1 amide bonds. The van der Waals surface area contributed by atoms with Gasteiger partial charge in [-0.3, -0.25) is 10.1 Å². The summed E-state index contributed by atoms with van der Waals surface area (Å²) in [6.45, 7) is 1.71. The lowest BCUT2D eigenvalue weighted by atomic mass is 10.1. The van der Waals surface area contributed by atoms with Crippen LogP contribution in [0.3, 0.4) is 0 Å². The maximum Gasteiger partial charge on any atom is 0.293 e. The van der Waals surface area contributed by atoms with Gasteiger partial charge < -0.3 is 4.42 Å². The molecule has 4 rings (SSSR count). The normalized spacial score (nSPS) is 10.8. The summed E-state index contributed by atoms with van der Waals surface area (Å²) in [5, 5.41) is 20.4. The Kier molecular flexibility index (Phi) is 5.29. The molecule has 2 aromatic carbocycles. The second-order valence-corrected chi connectivity index (χ2v) is 8.30. The van der Waals surface area contributed by atoms with E-state index in [1.807, 2.05) is 12.1 Å². The topological polar surface area (TPSA) is 91.8 Å². The number of aromatic nitrogens is 2. The molecule has 0 aliphatic carbocycles. The number of nitrogens with one attached hydrogen (secondary N) is 1. The summed E-state index contributed by atoms with van der Waals surface area (Å²) in [4.78, 5) is 12.5. The van der Waals surface area contributed by atoms with Crippen molar-refractivity contribution in [1.82, 2.24) is 10.2 Å². The molecule has 0 atom stereocenters. The van der Waals surface area contributed by atoms with Crippen LogP contribution in [0.5, 0.6) is 0 Å². The predicted octanol–water partition coefficient (Wildman–Crippen LogP) is 5.15. The van der Waals surface area contributed by atoms with E-state index in [1.54, 1.807) is 31.2 Å². The van der Waals surface area contributed by atoms with Crippen LogP contribution < -0.4 is 5.32 Å². The first-order valence-electron chi connectivity index (χ1n) is 8.49. The van der Waals surface area contributed by atoms with Gasteiger partial charge in [0, 0.05) is 16.7 Å². The molecule has 0 aliphatic rings. The SMILES string of the molecule is Cc1c(C(=O)Nc2nnc(SCc3ccc(C#N)cc3)s2)oc2c(F)cccc12. The van der Waals surface area contributed by atoms with Gasteiger partial charge in [-0.1, -0.05) is 47.4 Å². The number of hydrogen-bond acceptors (Lipinski definition) is 7. The van der Waals surface area contributed by atoms with E-state index in [2.05, 4.69) is 21.6 Å². The van der Waals surface area contributed by atoms with Crippen LogP contribution in [0, 0.1) is 24.1 Å². The van der Waals surface area contributed by atoms with Gasteiger partial charge in [-0.15, -0.1) is 10.2 Å². The number of rotatable bonds is 5. The van der Waals surface area contributed by atoms with Crippen LogP contribution >= 0.6 is 23.1 Å². The number of carbonyl (C=O) groups is 1. The molecule has 0 spiro atoms. The number of thioether (sulfide) groups is 1. The molecule has 0 fully saturated rings. The van der Waals surface area contributed by atoms with Crippen LogP contribution in [-0.4, -0.2) is 16.1 Å². The van der Waals surface area contributed by atoms with E-state index in [-0.39, 0.29) is 11.3 Å². The van der Waals surface area contributed by atoms with Gasteiger partial charge in [-0.05, 0) is 30.7 Å². The summed E-state index contributed by atoms with van der Waals surface area (Å²) < 4.78 is 20.0. The molecule has 6 nitrogen and oxygen atoms in total. The maximum absolute atomic E-state index is 13.9. The van der Waals surface area contributed by atoms with Crippen molar-refractivity contribution in [2.45, 2.75) is 17.0 Å². The third kappa shape index (κ3) is 3.99. The Bertz CT molecular complexity index is 1240. The van der Waals surface area contributed by atoms with Crippen molar-refractivity contribution in [3.63, 3.8) is 0 Å². The highest BCUT2D eigenvalue weighted by molar-refractivity contribution is 8.00. The molecule has 2 heterocycles. The largest absolute Gasteiger partial charge is 0.448 e. The van der Waals surface area contributed by atoms with Crippen LogP contribution in [0.4, 0.5) is 9.52 Å². The third-order valence-electron chi connectivity index (χ3n) is 4.19. The number of aryl methyl sites for hydroxylation is 1. The van der Waals surface area contributed by atoms with Gasteiger partial charge in [-0.2, -0.15) is 5.26 Å². The second-order valence-electron chi connectivity index (χ2n) is 6.10. The maximum atomic E-state index is 13.9. The van der Waals surface area contributed by atoms with Gasteiger partial charge in [0.05, 0.1) is 11.6 Å². The highest BCUT2D eigenvalue weighted by atomic mass is 32.2. The summed E-state index contributed by atoms with van der Waals surface area (Å²) in [6, 6.07) is 14.0. The first kappa shape index (κ1) is 19.1. The number of benzene rings is 2. The fourth-order valence-electron chi connectivity index (χ4n) is 2.72. The van der Waals surface area contributed by atoms with Crippen LogP contribution in [0.25, 0.3) is 11.0 Å². The van der Waals surface area contributed by atoms with E-state index in [0.717, 1.165) is 5.56 Å². The first-order valence-corrected chi connectivity index (χ1v) is 10.3. The fourth-order valence-corrected chi connectivity index (χ4v) is 4.42. The Hall–Kier alpha value is -3.22. The molecule has 1 N–H and O–H groups in total. The summed E-state index contributed by atoms with van der Waals surface area (Å²) in [5.41, 5.74) is 2.29. The number of nitrogens with zero attached hydrogens (tertiary/aromatic N) is 3. The van der Waals surface area contributed by atoms with Gasteiger partial charge >= 0.3 is 0 Å². The molecule has 2 aromatic heterocycles. The predicted molar refractivity (Wildman–Crippen MR) is 109 cm³/mol. The van der Waals surface area contributed by atoms with E-state index in [9.17, 15) is 9.18 Å². The average Bonchev–Trinajstić information content (AvgIpc) is 3.32. The smallest absolute Gasteiger partial charge is 0.293 e. The zero-order valence-corrected chi connectivity index (χ0v) is 16.7. The monoisotopic (exact) mass is 424 g/mol. The van der Waals surface area contributed by atoms with Crippen LogP contribution in [0.2, 0.25) is 0 Å². The Balaban J connectivity index is 1.43. The van der Waals surface area contributed by atoms with Crippen LogP contribution in [0.15, 0.2) is 51.2 Å². The van der Waals surface area contributed by atoms with Crippen molar-refractivity contribution in [3.05, 3.63) is 70.7 Å². The molecular weight excluding hydrogens is 411 g/mol. The Morgan fingerprint density at radius 3 is 2.79 bits per heavy atom. The molecular formula is C20H13FN4O2S2. The van der Waals surface area contributed by atoms with E-state index in [1.165, 1.54) is 29.2 Å². The zero-order valence-electron chi connectivity index (χ0n) is 15.1. The number of halogens is 1. The lowest BCUT2D eigenvalue weighted by Gasteiger charge is -1.99. The molecule has 0 bridgehead atoms. The Labute approximate surface area is 173 Å². The molecule has 9 heteroatoms. The molecule has 4 aromatic rings. The second kappa shape index (κ2) is 8.03. The number of anilines is 1. The average molecular weight is 424 g/mol. The number of fused-ring (bicyclic) bond motifs is 1. The standard InChI is InChI=1S/C20H13FN4O2S2/c1-11-14-3-2-4-15(21)17(14)27-16(11)18(26)23-19-24-25-20(29-19)28-10-13-7-5-12(9-22)6-8-13/h2-8H,10H2,1H3,(H,23,24,26). The number of carbonyl (C=O) groups excluding carboxylic acids is 1. The zero-order chi connectivity index (χ0) is 20.4. The van der Waals surface area contributed by atoms with E-state index in [4.69, 9.17) is 9.68 Å². The number of para-hydroxylation sites is 1. The molecule has 0 aliphatic heterocycles. The van der Waals surface area contributed by atoms with Gasteiger partial charge in [0.1, 0.15) is 0 Å². The van der Waals surface area contributed by atoms with Crippen LogP contribution in [0.1, 0.15) is 27.2 Å².